The Bertz CT molecular complexity index is 940. The van der Waals surface area contributed by atoms with E-state index < -0.39 is 35.6 Å². The number of hydrogen-bond acceptors (Lipinski definition) is 5. The molecule has 0 unspecified atom stereocenters. The highest BCUT2D eigenvalue weighted by atomic mass is 19.4. The Hall–Kier alpha value is -2.75. The van der Waals surface area contributed by atoms with Crippen molar-refractivity contribution in [2.45, 2.75) is 97.4 Å². The number of halogens is 3. The van der Waals surface area contributed by atoms with Gasteiger partial charge in [0.1, 0.15) is 22.7 Å². The molecule has 4 N–H and O–H groups in total. The van der Waals surface area contributed by atoms with Crippen molar-refractivity contribution >= 4 is 17.5 Å². The molecule has 10 heteroatoms. The van der Waals surface area contributed by atoms with Crippen molar-refractivity contribution in [3.8, 4) is 5.75 Å². The summed E-state index contributed by atoms with van der Waals surface area (Å²) in [5.41, 5.74) is 3.61. The molecule has 0 aliphatic carbocycles. The van der Waals surface area contributed by atoms with Crippen LogP contribution in [0, 0.1) is 0 Å². The number of amidine groups is 1. The zero-order valence-corrected chi connectivity index (χ0v) is 22.8. The average Bonchev–Trinajstić information content (AvgIpc) is 2.79. The lowest BCUT2D eigenvalue weighted by atomic mass is 10.0. The van der Waals surface area contributed by atoms with Gasteiger partial charge in [-0.05, 0) is 64.3 Å². The van der Waals surface area contributed by atoms with Gasteiger partial charge in [-0.15, -0.1) is 0 Å². The molecule has 0 fully saturated rings. The van der Waals surface area contributed by atoms with Crippen LogP contribution in [-0.4, -0.2) is 41.4 Å². The monoisotopic (exact) mass is 529 g/mol. The van der Waals surface area contributed by atoms with Crippen molar-refractivity contribution in [1.29, 1.82) is 0 Å². The maximum absolute atomic E-state index is 13.7. The molecular weight excluding hydrogens is 487 g/mol. The molecule has 37 heavy (non-hydrogen) atoms. The lowest BCUT2D eigenvalue weighted by Gasteiger charge is -2.29. The van der Waals surface area contributed by atoms with Crippen LogP contribution in [0.2, 0.25) is 0 Å². The van der Waals surface area contributed by atoms with Crippen molar-refractivity contribution in [2.24, 2.45) is 10.7 Å². The predicted molar refractivity (Wildman–Crippen MR) is 140 cm³/mol. The van der Waals surface area contributed by atoms with Gasteiger partial charge in [0.2, 0.25) is 0 Å². The van der Waals surface area contributed by atoms with Gasteiger partial charge >= 0.3 is 12.3 Å². The number of unbranched alkanes of at least 4 members (excludes halogenated alkanes) is 5. The van der Waals surface area contributed by atoms with Crippen LogP contribution < -0.4 is 15.8 Å². The number of hydrogen-bond donors (Lipinski definition) is 3. The smallest absolute Gasteiger partial charge is 0.419 e. The van der Waals surface area contributed by atoms with Gasteiger partial charge in [0.15, 0.2) is 0 Å². The molecule has 1 aromatic rings. The first kappa shape index (κ1) is 32.3. The van der Waals surface area contributed by atoms with E-state index in [0.717, 1.165) is 38.2 Å². The number of alkyl carbamates (subject to hydrolysis) is 1. The molecule has 0 aliphatic heterocycles. The number of alkyl halides is 3. The Kier molecular flexibility index (Phi) is 12.4. The number of ether oxygens (including phenoxy) is 2. The van der Waals surface area contributed by atoms with Crippen molar-refractivity contribution < 1.29 is 32.5 Å². The number of aliphatic hydroxyl groups excluding tert-OH is 1. The van der Waals surface area contributed by atoms with Gasteiger partial charge in [-0.25, -0.2) is 9.79 Å². The molecule has 0 aliphatic rings. The van der Waals surface area contributed by atoms with Crippen molar-refractivity contribution in [1.82, 2.24) is 5.32 Å². The molecule has 0 heterocycles. The maximum Gasteiger partial charge on any atom is 0.419 e. The van der Waals surface area contributed by atoms with E-state index in [0.29, 0.717) is 12.0 Å². The first-order chi connectivity index (χ1) is 17.1. The van der Waals surface area contributed by atoms with Gasteiger partial charge in [-0.2, -0.15) is 13.2 Å². The fourth-order valence-electron chi connectivity index (χ4n) is 3.28. The summed E-state index contributed by atoms with van der Waals surface area (Å²) >= 11 is 0. The Morgan fingerprint density at radius 1 is 1.11 bits per heavy atom. The largest absolute Gasteiger partial charge is 0.493 e. The number of aliphatic imine (C=N–C) groups is 1. The third kappa shape index (κ3) is 11.5. The van der Waals surface area contributed by atoms with E-state index in [-0.39, 0.29) is 23.8 Å². The molecule has 0 saturated carbocycles. The molecule has 1 amide bonds. The van der Waals surface area contributed by atoms with Crippen LogP contribution in [0.4, 0.5) is 18.0 Å². The summed E-state index contributed by atoms with van der Waals surface area (Å²) in [6, 6.07) is 3.84. The molecule has 1 aromatic carbocycles. The van der Waals surface area contributed by atoms with Crippen molar-refractivity contribution in [2.75, 3.05) is 13.2 Å². The lowest BCUT2D eigenvalue weighted by molar-refractivity contribution is -0.139. The number of carbonyl (C=O) groups is 1. The van der Waals surface area contributed by atoms with E-state index in [1.54, 1.807) is 27.7 Å². The molecule has 7 nitrogen and oxygen atoms in total. The molecule has 0 saturated heterocycles. The average molecular weight is 530 g/mol. The van der Waals surface area contributed by atoms with Gasteiger partial charge in [0, 0.05) is 6.20 Å². The molecule has 1 atom stereocenters. The van der Waals surface area contributed by atoms with E-state index in [1.807, 2.05) is 0 Å². The highest BCUT2D eigenvalue weighted by Gasteiger charge is 2.35. The van der Waals surface area contributed by atoms with Gasteiger partial charge in [0.25, 0.3) is 0 Å². The molecule has 0 aromatic heterocycles. The van der Waals surface area contributed by atoms with Crippen molar-refractivity contribution in [3.05, 3.63) is 35.5 Å². The van der Waals surface area contributed by atoms with Gasteiger partial charge in [0.05, 0.1) is 18.8 Å². The Morgan fingerprint density at radius 2 is 1.73 bits per heavy atom. The minimum atomic E-state index is -4.60. The van der Waals surface area contributed by atoms with Gasteiger partial charge < -0.3 is 25.6 Å². The van der Waals surface area contributed by atoms with E-state index in [4.69, 9.17) is 15.2 Å². The number of nitrogens with two attached hydrogens (primary N) is 1. The molecule has 0 radical (unpaired) electrons. The first-order valence-electron chi connectivity index (χ1n) is 12.6. The predicted octanol–water partition coefficient (Wildman–Crippen LogP) is 6.44. The second kappa shape index (κ2) is 14.3. The standard InChI is InChI=1S/C27H42F3N3O4/c1-7-8-9-10-11-12-15-36-22-14-13-20(16-21(22)27(28,29)30)19(2)17-32-23(31)26(6,18-34)33-24(35)37-25(3,4)5/h13-14,16-17,34H,7-12,15,18H2,1-6H3,(H2,31,32)(H,33,35)/b19-17+/t26-/m0/s1. The topological polar surface area (TPSA) is 106 Å². The lowest BCUT2D eigenvalue weighted by Crippen LogP contribution is -2.58. The van der Waals surface area contributed by atoms with Crippen LogP contribution in [0.1, 0.15) is 91.2 Å². The number of aliphatic hydroxyl groups is 1. The third-order valence-corrected chi connectivity index (χ3v) is 5.55. The number of nitrogens with one attached hydrogen (secondary N) is 1. The molecular formula is C27H42F3N3O4. The summed E-state index contributed by atoms with van der Waals surface area (Å²) < 4.78 is 51.9. The Balaban J connectivity index is 3.02. The number of carbonyl (C=O) groups excluding carboxylic acids is 1. The number of allylic oxidation sites excluding steroid dienone is 1. The van der Waals surface area contributed by atoms with Crippen LogP contribution >= 0.6 is 0 Å². The second-order valence-electron chi connectivity index (χ2n) is 10.3. The number of amides is 1. The van der Waals surface area contributed by atoms with E-state index in [2.05, 4.69) is 17.2 Å². The minimum absolute atomic E-state index is 0.143. The van der Waals surface area contributed by atoms with E-state index >= 15 is 0 Å². The zero-order valence-electron chi connectivity index (χ0n) is 22.8. The van der Waals surface area contributed by atoms with E-state index in [9.17, 15) is 23.1 Å². The van der Waals surface area contributed by atoms with Crippen molar-refractivity contribution in [3.63, 3.8) is 0 Å². The van der Waals surface area contributed by atoms with Crippen LogP contribution in [0.15, 0.2) is 29.4 Å². The van der Waals surface area contributed by atoms with Crippen LogP contribution in [-0.2, 0) is 10.9 Å². The minimum Gasteiger partial charge on any atom is -0.493 e. The van der Waals surface area contributed by atoms with Gasteiger partial charge in [-0.1, -0.05) is 45.1 Å². The summed E-state index contributed by atoms with van der Waals surface area (Å²) in [6.07, 6.45) is 1.94. The fourth-order valence-corrected chi connectivity index (χ4v) is 3.28. The Labute approximate surface area is 218 Å². The highest BCUT2D eigenvalue weighted by Crippen LogP contribution is 2.38. The molecule has 1 rings (SSSR count). The Morgan fingerprint density at radius 3 is 2.30 bits per heavy atom. The quantitative estimate of drug-likeness (QED) is 0.155. The SMILES string of the molecule is CCCCCCCCOc1ccc(/C(C)=C/N=C(N)[C@](C)(CO)NC(=O)OC(C)(C)C)cc1C(F)(F)F. The second-order valence-corrected chi connectivity index (χ2v) is 10.3. The summed E-state index contributed by atoms with van der Waals surface area (Å²) in [7, 11) is 0. The number of rotatable bonds is 13. The highest BCUT2D eigenvalue weighted by molar-refractivity contribution is 5.93. The number of nitrogens with zero attached hydrogens (tertiary/aromatic N) is 1. The zero-order chi connectivity index (χ0) is 28.3. The molecule has 0 bridgehead atoms. The van der Waals surface area contributed by atoms with Crippen LogP contribution in [0.5, 0.6) is 5.75 Å². The van der Waals surface area contributed by atoms with Crippen LogP contribution in [0.3, 0.4) is 0 Å². The molecule has 0 spiro atoms. The van der Waals surface area contributed by atoms with Crippen LogP contribution in [0.25, 0.3) is 5.57 Å². The summed E-state index contributed by atoms with van der Waals surface area (Å²) in [5.74, 6) is -0.356. The third-order valence-electron chi connectivity index (χ3n) is 5.55. The molecule has 210 valence electrons. The normalized spacial score (nSPS) is 14.8. The van der Waals surface area contributed by atoms with E-state index in [1.165, 1.54) is 25.3 Å². The fraction of sp³-hybridized carbons (Fsp3) is 0.630. The summed E-state index contributed by atoms with van der Waals surface area (Å²) in [4.78, 5) is 16.2. The number of benzene rings is 1. The van der Waals surface area contributed by atoms with Gasteiger partial charge in [-0.3, -0.25) is 0 Å². The maximum atomic E-state index is 13.7. The summed E-state index contributed by atoms with van der Waals surface area (Å²) in [6.45, 7) is 9.87. The first-order valence-corrected chi connectivity index (χ1v) is 12.6. The summed E-state index contributed by atoms with van der Waals surface area (Å²) in [5, 5.41) is 12.3.